The van der Waals surface area contributed by atoms with Gasteiger partial charge in [-0.3, -0.25) is 9.69 Å². The lowest BCUT2D eigenvalue weighted by Crippen LogP contribution is -2.68. The first-order chi connectivity index (χ1) is 12.5. The Bertz CT molecular complexity index is 716. The largest absolute Gasteiger partial charge is 0.481 e. The lowest BCUT2D eigenvalue weighted by Gasteiger charge is -2.66. The fourth-order valence-corrected chi connectivity index (χ4v) is 9.33. The van der Waals surface area contributed by atoms with E-state index in [0.29, 0.717) is 23.8 Å². The molecule has 1 spiro atoms. The van der Waals surface area contributed by atoms with E-state index in [2.05, 4.69) is 11.8 Å². The van der Waals surface area contributed by atoms with Crippen LogP contribution >= 0.6 is 0 Å². The van der Waals surface area contributed by atoms with E-state index in [9.17, 15) is 15.0 Å². The van der Waals surface area contributed by atoms with Crippen LogP contribution in [0.25, 0.3) is 0 Å². The topological polar surface area (TPSA) is 60.8 Å². The number of carboxylic acid groups (broad SMARTS) is 1. The monoisotopic (exact) mass is 357 g/mol. The first kappa shape index (κ1) is 16.1. The maximum atomic E-state index is 12.2. The third-order valence-electron chi connectivity index (χ3n) is 10.0. The molecule has 0 radical (unpaired) electrons. The van der Waals surface area contributed by atoms with Crippen LogP contribution in [0, 0.1) is 40.4 Å². The normalized spacial score (nSPS) is 54.4. The van der Waals surface area contributed by atoms with E-state index in [1.807, 2.05) is 0 Å². The Morgan fingerprint density at radius 3 is 2.81 bits per heavy atom. The molecule has 6 aliphatic rings. The van der Waals surface area contributed by atoms with Crippen molar-refractivity contribution in [3.8, 4) is 0 Å². The Hall–Kier alpha value is -0.870. The second-order valence-corrected chi connectivity index (χ2v) is 10.4. The van der Waals surface area contributed by atoms with Gasteiger partial charge in [-0.1, -0.05) is 18.1 Å². The van der Waals surface area contributed by atoms with Crippen LogP contribution in [-0.4, -0.2) is 46.8 Å². The second-order valence-electron chi connectivity index (χ2n) is 10.4. The van der Waals surface area contributed by atoms with Gasteiger partial charge in [0.25, 0.3) is 0 Å². The van der Waals surface area contributed by atoms with Crippen LogP contribution in [0.3, 0.4) is 0 Å². The van der Waals surface area contributed by atoms with Crippen molar-refractivity contribution in [1.29, 1.82) is 0 Å². The standard InChI is InChI=1S/C22H31NO3/c1-12-9-23-10-14-4-2-13-3-5-16-17(20(25)26)8-22(18(13)16)19(23)15(12)6-7-21(14,22)11-24/h12,14-17,19,24H,2-11H2,1H3,(H,25,26). The summed E-state index contributed by atoms with van der Waals surface area (Å²) in [7, 11) is 0. The Kier molecular flexibility index (Phi) is 3.06. The van der Waals surface area contributed by atoms with E-state index < -0.39 is 5.97 Å². The summed E-state index contributed by atoms with van der Waals surface area (Å²) in [5.74, 6) is 1.38. The molecule has 0 amide bonds. The molecule has 8 atom stereocenters. The van der Waals surface area contributed by atoms with E-state index in [4.69, 9.17) is 0 Å². The lowest BCUT2D eigenvalue weighted by molar-refractivity contribution is -0.173. The zero-order valence-electron chi connectivity index (χ0n) is 15.8. The molecule has 4 heteroatoms. The third-order valence-corrected chi connectivity index (χ3v) is 10.0. The van der Waals surface area contributed by atoms with E-state index in [1.165, 1.54) is 19.4 Å². The molecule has 6 rings (SSSR count). The molecule has 2 saturated heterocycles. The highest BCUT2D eigenvalue weighted by atomic mass is 16.4. The minimum Gasteiger partial charge on any atom is -0.481 e. The zero-order chi connectivity index (χ0) is 17.8. The molecular formula is C22H31NO3. The van der Waals surface area contributed by atoms with Gasteiger partial charge in [-0.2, -0.15) is 0 Å². The zero-order valence-corrected chi connectivity index (χ0v) is 15.8. The molecule has 4 bridgehead atoms. The maximum absolute atomic E-state index is 12.2. The lowest BCUT2D eigenvalue weighted by atomic mass is 9.43. The van der Waals surface area contributed by atoms with E-state index in [1.54, 1.807) is 11.1 Å². The summed E-state index contributed by atoms with van der Waals surface area (Å²) >= 11 is 0. The summed E-state index contributed by atoms with van der Waals surface area (Å²) in [5, 5.41) is 20.9. The SMILES string of the molecule is CC1CN2CC3CCC4=C5C(CC4)C(C(=O)O)CC54C2C1CCC34CO. The van der Waals surface area contributed by atoms with E-state index in [-0.39, 0.29) is 29.3 Å². The summed E-state index contributed by atoms with van der Waals surface area (Å²) < 4.78 is 0. The van der Waals surface area contributed by atoms with E-state index in [0.717, 1.165) is 38.6 Å². The molecule has 142 valence electrons. The molecule has 26 heavy (non-hydrogen) atoms. The van der Waals surface area contributed by atoms with Crippen molar-refractivity contribution < 1.29 is 15.0 Å². The molecule has 4 nitrogen and oxygen atoms in total. The van der Waals surface area contributed by atoms with Crippen LogP contribution in [0.4, 0.5) is 0 Å². The Labute approximate surface area is 155 Å². The van der Waals surface area contributed by atoms with Gasteiger partial charge < -0.3 is 10.2 Å². The number of piperidine rings is 1. The fourth-order valence-electron chi connectivity index (χ4n) is 9.33. The molecule has 2 saturated carbocycles. The molecule has 8 unspecified atom stereocenters. The number of rotatable bonds is 2. The van der Waals surface area contributed by atoms with Crippen molar-refractivity contribution in [1.82, 2.24) is 4.90 Å². The summed E-state index contributed by atoms with van der Waals surface area (Å²) in [5.41, 5.74) is 3.07. The van der Waals surface area contributed by atoms with Crippen LogP contribution in [-0.2, 0) is 4.79 Å². The van der Waals surface area contributed by atoms with Gasteiger partial charge in [-0.05, 0) is 68.6 Å². The summed E-state index contributed by atoms with van der Waals surface area (Å²) in [6.07, 6.45) is 7.67. The predicted octanol–water partition coefficient (Wildman–Crippen LogP) is 2.92. The average molecular weight is 357 g/mol. The van der Waals surface area contributed by atoms with Crippen LogP contribution < -0.4 is 0 Å². The molecule has 4 aliphatic carbocycles. The highest BCUT2D eigenvalue weighted by Crippen LogP contribution is 2.76. The Morgan fingerprint density at radius 1 is 1.23 bits per heavy atom. The number of allylic oxidation sites excluding steroid dienone is 1. The van der Waals surface area contributed by atoms with Gasteiger partial charge in [0.1, 0.15) is 0 Å². The number of carboxylic acids is 1. The van der Waals surface area contributed by atoms with Gasteiger partial charge in [0, 0.05) is 36.6 Å². The van der Waals surface area contributed by atoms with Crippen molar-refractivity contribution in [3.05, 3.63) is 11.1 Å². The third kappa shape index (κ3) is 1.53. The number of aliphatic hydroxyl groups excluding tert-OH is 1. The second kappa shape index (κ2) is 4.94. The van der Waals surface area contributed by atoms with Crippen molar-refractivity contribution in [2.45, 2.75) is 57.9 Å². The number of carbonyl (C=O) groups is 1. The summed E-state index contributed by atoms with van der Waals surface area (Å²) in [4.78, 5) is 15.0. The van der Waals surface area contributed by atoms with Gasteiger partial charge in [0.2, 0.25) is 0 Å². The summed E-state index contributed by atoms with van der Waals surface area (Å²) in [6.45, 7) is 4.99. The Balaban J connectivity index is 1.64. The number of aliphatic hydroxyl groups is 1. The smallest absolute Gasteiger partial charge is 0.307 e. The van der Waals surface area contributed by atoms with Crippen LogP contribution in [0.1, 0.15) is 51.9 Å². The maximum Gasteiger partial charge on any atom is 0.307 e. The highest BCUT2D eigenvalue weighted by molar-refractivity contribution is 5.73. The quantitative estimate of drug-likeness (QED) is 0.746. The van der Waals surface area contributed by atoms with Crippen LogP contribution in [0.2, 0.25) is 0 Å². The van der Waals surface area contributed by atoms with E-state index >= 15 is 0 Å². The van der Waals surface area contributed by atoms with Crippen LogP contribution in [0.15, 0.2) is 11.1 Å². The van der Waals surface area contributed by atoms with Gasteiger partial charge in [-0.15, -0.1) is 0 Å². The minimum atomic E-state index is -0.588. The van der Waals surface area contributed by atoms with Gasteiger partial charge in [0.15, 0.2) is 0 Å². The van der Waals surface area contributed by atoms with Crippen molar-refractivity contribution >= 4 is 5.97 Å². The highest BCUT2D eigenvalue weighted by Gasteiger charge is 2.75. The van der Waals surface area contributed by atoms with Crippen molar-refractivity contribution in [2.24, 2.45) is 40.4 Å². The number of aliphatic carboxylic acids is 1. The van der Waals surface area contributed by atoms with Gasteiger partial charge in [-0.25, -0.2) is 0 Å². The molecule has 2 N–H and O–H groups in total. The van der Waals surface area contributed by atoms with Crippen molar-refractivity contribution in [2.75, 3.05) is 19.7 Å². The molecule has 0 aromatic heterocycles. The fraction of sp³-hybridized carbons (Fsp3) is 0.864. The molecule has 2 heterocycles. The first-order valence-electron chi connectivity index (χ1n) is 10.8. The van der Waals surface area contributed by atoms with Crippen LogP contribution in [0.5, 0.6) is 0 Å². The average Bonchev–Trinajstić information content (AvgIpc) is 3.25. The number of nitrogens with zero attached hydrogens (tertiary/aromatic N) is 1. The number of hydrogen-bond donors (Lipinski definition) is 2. The minimum absolute atomic E-state index is 0.0472. The molecular weight excluding hydrogens is 326 g/mol. The number of hydrogen-bond acceptors (Lipinski definition) is 3. The van der Waals surface area contributed by atoms with Crippen molar-refractivity contribution in [3.63, 3.8) is 0 Å². The first-order valence-corrected chi connectivity index (χ1v) is 10.8. The molecule has 2 aliphatic heterocycles. The molecule has 0 aromatic rings. The molecule has 0 aromatic carbocycles. The molecule has 4 fully saturated rings. The summed E-state index contributed by atoms with van der Waals surface area (Å²) in [6, 6.07) is 0.489. The Morgan fingerprint density at radius 2 is 2.04 bits per heavy atom. The predicted molar refractivity (Wildman–Crippen MR) is 97.4 cm³/mol. The van der Waals surface area contributed by atoms with Gasteiger partial charge in [0.05, 0.1) is 5.92 Å². The van der Waals surface area contributed by atoms with Gasteiger partial charge >= 0.3 is 5.97 Å².